The number of aliphatic imine (C=N–C) groups is 1. The smallest absolute Gasteiger partial charge is 0.191 e. The lowest BCUT2D eigenvalue weighted by atomic mass is 10.1. The molecule has 0 fully saturated rings. The molecule has 1 atom stereocenters. The minimum atomic E-state index is -0.978. The van der Waals surface area contributed by atoms with Gasteiger partial charge in [-0.2, -0.15) is 0 Å². The number of aliphatic hydroxyl groups is 1. The summed E-state index contributed by atoms with van der Waals surface area (Å²) in [5, 5.41) is 16.5. The Bertz CT molecular complexity index is 704. The summed E-state index contributed by atoms with van der Waals surface area (Å²) >= 11 is 0. The fourth-order valence-corrected chi connectivity index (χ4v) is 2.48. The van der Waals surface area contributed by atoms with Gasteiger partial charge in [-0.3, -0.25) is 4.99 Å². The Morgan fingerprint density at radius 1 is 1.15 bits per heavy atom. The van der Waals surface area contributed by atoms with E-state index in [9.17, 15) is 9.50 Å². The van der Waals surface area contributed by atoms with Crippen LogP contribution in [0.1, 0.15) is 24.2 Å². The fraction of sp³-hybridized carbons (Fsp3) is 0.350. The van der Waals surface area contributed by atoms with Crippen LogP contribution >= 0.6 is 0 Å². The number of guanidine groups is 1. The van der Waals surface area contributed by atoms with Crippen LogP contribution < -0.4 is 15.4 Å². The Morgan fingerprint density at radius 3 is 2.54 bits per heavy atom. The molecule has 0 heterocycles. The van der Waals surface area contributed by atoms with E-state index >= 15 is 0 Å². The van der Waals surface area contributed by atoms with Crippen molar-refractivity contribution < 1.29 is 14.2 Å². The molecule has 0 bridgehead atoms. The van der Waals surface area contributed by atoms with Crippen molar-refractivity contribution in [3.8, 4) is 5.75 Å². The quantitative estimate of drug-likeness (QED) is 0.501. The Morgan fingerprint density at radius 2 is 1.88 bits per heavy atom. The van der Waals surface area contributed by atoms with E-state index in [2.05, 4.69) is 15.6 Å². The fourth-order valence-electron chi connectivity index (χ4n) is 2.48. The average Bonchev–Trinajstić information content (AvgIpc) is 2.66. The third-order valence-electron chi connectivity index (χ3n) is 3.90. The Balaban J connectivity index is 1.88. The van der Waals surface area contributed by atoms with Gasteiger partial charge in [-0.25, -0.2) is 4.39 Å². The topological polar surface area (TPSA) is 65.9 Å². The number of rotatable bonds is 8. The van der Waals surface area contributed by atoms with Crippen molar-refractivity contribution in [2.75, 3.05) is 26.7 Å². The Kier molecular flexibility index (Phi) is 7.89. The molecule has 0 aromatic heterocycles. The van der Waals surface area contributed by atoms with Crippen LogP contribution in [0.5, 0.6) is 5.75 Å². The van der Waals surface area contributed by atoms with Crippen LogP contribution in [0.4, 0.5) is 4.39 Å². The van der Waals surface area contributed by atoms with Crippen molar-refractivity contribution in [1.29, 1.82) is 0 Å². The lowest BCUT2D eigenvalue weighted by Crippen LogP contribution is -2.38. The van der Waals surface area contributed by atoms with Crippen molar-refractivity contribution in [1.82, 2.24) is 10.6 Å². The van der Waals surface area contributed by atoms with Crippen molar-refractivity contribution in [2.24, 2.45) is 4.99 Å². The highest BCUT2D eigenvalue weighted by molar-refractivity contribution is 5.79. The van der Waals surface area contributed by atoms with E-state index in [1.54, 1.807) is 25.3 Å². The number of hydrogen-bond acceptors (Lipinski definition) is 3. The Hall–Kier alpha value is -2.60. The van der Waals surface area contributed by atoms with E-state index in [1.807, 2.05) is 31.2 Å². The van der Waals surface area contributed by atoms with Crippen LogP contribution in [0.2, 0.25) is 0 Å². The molecule has 2 aromatic carbocycles. The van der Waals surface area contributed by atoms with Crippen LogP contribution in [0.15, 0.2) is 53.5 Å². The van der Waals surface area contributed by atoms with Gasteiger partial charge in [-0.15, -0.1) is 0 Å². The van der Waals surface area contributed by atoms with Crippen molar-refractivity contribution >= 4 is 5.96 Å². The molecule has 26 heavy (non-hydrogen) atoms. The van der Waals surface area contributed by atoms with Gasteiger partial charge in [0.2, 0.25) is 0 Å². The van der Waals surface area contributed by atoms with Crippen LogP contribution in [-0.2, 0) is 6.42 Å². The van der Waals surface area contributed by atoms with Gasteiger partial charge in [0.05, 0.1) is 13.7 Å². The SMILES string of the molecule is CCNC(=NCC(O)c1ccccc1F)NCCc1ccc(OC)cc1. The maximum atomic E-state index is 13.7. The molecule has 0 aliphatic rings. The second-order valence-corrected chi connectivity index (χ2v) is 5.78. The first-order chi connectivity index (χ1) is 12.6. The molecule has 6 heteroatoms. The van der Waals surface area contributed by atoms with E-state index in [4.69, 9.17) is 4.74 Å². The van der Waals surface area contributed by atoms with Gasteiger partial charge in [0, 0.05) is 18.7 Å². The molecule has 0 amide bonds. The predicted molar refractivity (Wildman–Crippen MR) is 102 cm³/mol. The van der Waals surface area contributed by atoms with Crippen molar-refractivity contribution in [3.63, 3.8) is 0 Å². The van der Waals surface area contributed by atoms with Gasteiger partial charge in [-0.05, 0) is 37.1 Å². The van der Waals surface area contributed by atoms with Gasteiger partial charge >= 0.3 is 0 Å². The lowest BCUT2D eigenvalue weighted by molar-refractivity contribution is 0.182. The standard InChI is InChI=1S/C20H26FN3O2/c1-3-22-20(23-13-12-15-8-10-16(26-2)11-9-15)24-14-19(25)17-6-4-5-7-18(17)21/h4-11,19,25H,3,12-14H2,1-2H3,(H2,22,23,24). The van der Waals surface area contributed by atoms with E-state index in [-0.39, 0.29) is 12.1 Å². The maximum absolute atomic E-state index is 13.7. The zero-order valence-electron chi connectivity index (χ0n) is 15.2. The second-order valence-electron chi connectivity index (χ2n) is 5.78. The first-order valence-corrected chi connectivity index (χ1v) is 8.71. The van der Waals surface area contributed by atoms with Gasteiger partial charge in [0.25, 0.3) is 0 Å². The number of methoxy groups -OCH3 is 1. The summed E-state index contributed by atoms with van der Waals surface area (Å²) < 4.78 is 18.9. The molecule has 3 N–H and O–H groups in total. The number of nitrogens with one attached hydrogen (secondary N) is 2. The first kappa shape index (κ1) is 19.7. The molecule has 0 aliphatic carbocycles. The number of aliphatic hydroxyl groups excluding tert-OH is 1. The predicted octanol–water partition coefficient (Wildman–Crippen LogP) is 2.67. The summed E-state index contributed by atoms with van der Waals surface area (Å²) in [6, 6.07) is 14.1. The largest absolute Gasteiger partial charge is 0.497 e. The second kappa shape index (κ2) is 10.4. The molecule has 1 unspecified atom stereocenters. The minimum absolute atomic E-state index is 0.0821. The van der Waals surface area contributed by atoms with Crippen LogP contribution in [0.3, 0.4) is 0 Å². The molecule has 0 aliphatic heterocycles. The summed E-state index contributed by atoms with van der Waals surface area (Å²) in [7, 11) is 1.64. The number of ether oxygens (including phenoxy) is 1. The number of hydrogen-bond donors (Lipinski definition) is 3. The molecular formula is C20H26FN3O2. The number of halogens is 1. The maximum Gasteiger partial charge on any atom is 0.191 e. The summed E-state index contributed by atoms with van der Waals surface area (Å²) in [6.07, 6.45) is -0.155. The summed E-state index contributed by atoms with van der Waals surface area (Å²) in [5.41, 5.74) is 1.44. The summed E-state index contributed by atoms with van der Waals surface area (Å²) in [4.78, 5) is 4.35. The zero-order valence-corrected chi connectivity index (χ0v) is 15.2. The minimum Gasteiger partial charge on any atom is -0.497 e. The van der Waals surface area contributed by atoms with Crippen LogP contribution in [0, 0.1) is 5.82 Å². The molecule has 2 aromatic rings. The van der Waals surface area contributed by atoms with Crippen molar-refractivity contribution in [3.05, 3.63) is 65.5 Å². The van der Waals surface area contributed by atoms with Crippen molar-refractivity contribution in [2.45, 2.75) is 19.4 Å². The monoisotopic (exact) mass is 359 g/mol. The Labute approximate surface area is 153 Å². The summed E-state index contributed by atoms with van der Waals surface area (Å²) in [5.74, 6) is 1.00. The molecular weight excluding hydrogens is 333 g/mol. The van der Waals surface area contributed by atoms with E-state index in [0.29, 0.717) is 19.0 Å². The van der Waals surface area contributed by atoms with Gasteiger partial charge in [0.15, 0.2) is 5.96 Å². The normalized spacial score (nSPS) is 12.5. The van der Waals surface area contributed by atoms with Crippen LogP contribution in [-0.4, -0.2) is 37.8 Å². The lowest BCUT2D eigenvalue weighted by Gasteiger charge is -2.14. The van der Waals surface area contributed by atoms with Gasteiger partial charge in [0.1, 0.15) is 17.7 Å². The summed E-state index contributed by atoms with van der Waals surface area (Å²) in [6.45, 7) is 3.44. The first-order valence-electron chi connectivity index (χ1n) is 8.71. The van der Waals surface area contributed by atoms with Gasteiger partial charge in [-0.1, -0.05) is 30.3 Å². The van der Waals surface area contributed by atoms with E-state index in [1.165, 1.54) is 11.6 Å². The van der Waals surface area contributed by atoms with E-state index in [0.717, 1.165) is 12.2 Å². The zero-order chi connectivity index (χ0) is 18.8. The molecule has 0 saturated heterocycles. The highest BCUT2D eigenvalue weighted by atomic mass is 19.1. The number of benzene rings is 2. The molecule has 2 rings (SSSR count). The molecule has 0 spiro atoms. The van der Waals surface area contributed by atoms with E-state index < -0.39 is 11.9 Å². The average molecular weight is 359 g/mol. The number of nitrogens with zero attached hydrogens (tertiary/aromatic N) is 1. The third-order valence-corrected chi connectivity index (χ3v) is 3.90. The highest BCUT2D eigenvalue weighted by Gasteiger charge is 2.11. The molecule has 0 saturated carbocycles. The highest BCUT2D eigenvalue weighted by Crippen LogP contribution is 2.16. The molecule has 0 radical (unpaired) electrons. The third kappa shape index (κ3) is 6.04. The molecule has 5 nitrogen and oxygen atoms in total. The molecule has 140 valence electrons. The van der Waals surface area contributed by atoms with Gasteiger partial charge < -0.3 is 20.5 Å². The van der Waals surface area contributed by atoms with Crippen LogP contribution in [0.25, 0.3) is 0 Å².